The number of benzene rings is 2. The lowest BCUT2D eigenvalue weighted by atomic mass is 10.0. The van der Waals surface area contributed by atoms with Crippen molar-refractivity contribution in [3.05, 3.63) is 58.4 Å². The molecule has 3 rings (SSSR count). The molecule has 2 N–H and O–H groups in total. The summed E-state index contributed by atoms with van der Waals surface area (Å²) in [5, 5.41) is 19.0. The van der Waals surface area contributed by atoms with Gasteiger partial charge in [0.25, 0.3) is 0 Å². The smallest absolute Gasteiger partial charge is 0.416 e. The largest absolute Gasteiger partial charge is 0.508 e. The van der Waals surface area contributed by atoms with Crippen molar-refractivity contribution in [2.24, 2.45) is 0 Å². The molecule has 0 radical (unpaired) electrons. The van der Waals surface area contributed by atoms with Crippen LogP contribution in [0.15, 0.2) is 51.9 Å². The fraction of sp³-hybridized carbons (Fsp3) is 0.0625. The molecule has 0 aliphatic heterocycles. The van der Waals surface area contributed by atoms with E-state index in [0.717, 1.165) is 42.7 Å². The molecule has 0 atom stereocenters. The van der Waals surface area contributed by atoms with Crippen molar-refractivity contribution in [1.82, 2.24) is 0 Å². The average Bonchev–Trinajstić information content (AvgIpc) is 2.46. The van der Waals surface area contributed by atoms with Crippen LogP contribution >= 0.6 is 0 Å². The van der Waals surface area contributed by atoms with Gasteiger partial charge in [0, 0.05) is 12.1 Å². The van der Waals surface area contributed by atoms with Gasteiger partial charge in [0.2, 0.25) is 5.43 Å². The average molecular weight is 322 g/mol. The number of hydrogen-bond donors (Lipinski definition) is 2. The first-order valence-corrected chi connectivity index (χ1v) is 6.42. The van der Waals surface area contributed by atoms with Gasteiger partial charge in [-0.25, -0.2) is 0 Å². The van der Waals surface area contributed by atoms with Gasteiger partial charge in [-0.15, -0.1) is 0 Å². The molecule has 0 saturated carbocycles. The summed E-state index contributed by atoms with van der Waals surface area (Å²) >= 11 is 0. The van der Waals surface area contributed by atoms with E-state index >= 15 is 0 Å². The summed E-state index contributed by atoms with van der Waals surface area (Å²) in [6.07, 6.45) is -3.39. The van der Waals surface area contributed by atoms with E-state index in [2.05, 4.69) is 0 Å². The van der Waals surface area contributed by atoms with Crippen LogP contribution in [0.4, 0.5) is 13.2 Å². The fourth-order valence-corrected chi connectivity index (χ4v) is 2.26. The highest BCUT2D eigenvalue weighted by Gasteiger charge is 2.30. The van der Waals surface area contributed by atoms with Crippen LogP contribution in [-0.2, 0) is 6.18 Å². The standard InChI is InChI=1S/C16H9F3O4/c17-16(18,19)9-3-1-8(2-4-9)11-7-23-13-6-10(20)5-12(21)14(13)15(11)22/h1-7,20-21H. The van der Waals surface area contributed by atoms with Crippen molar-refractivity contribution in [2.75, 3.05) is 0 Å². The van der Waals surface area contributed by atoms with Gasteiger partial charge in [0.05, 0.1) is 11.1 Å². The van der Waals surface area contributed by atoms with Crippen LogP contribution in [0.3, 0.4) is 0 Å². The van der Waals surface area contributed by atoms with Crippen LogP contribution in [0.2, 0.25) is 0 Å². The molecule has 0 bridgehead atoms. The highest BCUT2D eigenvalue weighted by Crippen LogP contribution is 2.32. The van der Waals surface area contributed by atoms with E-state index in [9.17, 15) is 28.2 Å². The third-order valence-electron chi connectivity index (χ3n) is 3.36. The minimum atomic E-state index is -4.47. The minimum Gasteiger partial charge on any atom is -0.508 e. The quantitative estimate of drug-likeness (QED) is 0.713. The third-order valence-corrected chi connectivity index (χ3v) is 3.36. The molecule has 0 amide bonds. The van der Waals surface area contributed by atoms with Gasteiger partial charge in [0.1, 0.15) is 28.7 Å². The van der Waals surface area contributed by atoms with Gasteiger partial charge in [-0.2, -0.15) is 13.2 Å². The van der Waals surface area contributed by atoms with Crippen molar-refractivity contribution in [3.63, 3.8) is 0 Å². The molecule has 2 aromatic carbocycles. The summed E-state index contributed by atoms with van der Waals surface area (Å²) in [5.41, 5.74) is -1.24. The van der Waals surface area contributed by atoms with Crippen molar-refractivity contribution in [1.29, 1.82) is 0 Å². The zero-order valence-electron chi connectivity index (χ0n) is 11.4. The molecular weight excluding hydrogens is 313 g/mol. The Labute approximate surface area is 127 Å². The first-order chi connectivity index (χ1) is 10.8. The molecule has 0 unspecified atom stereocenters. The molecule has 0 aliphatic carbocycles. The molecule has 7 heteroatoms. The van der Waals surface area contributed by atoms with Crippen LogP contribution in [-0.4, -0.2) is 10.2 Å². The Bertz CT molecular complexity index is 940. The summed E-state index contributed by atoms with van der Waals surface area (Å²) in [7, 11) is 0. The number of phenols is 2. The zero-order valence-corrected chi connectivity index (χ0v) is 11.4. The summed E-state index contributed by atoms with van der Waals surface area (Å²) in [6.45, 7) is 0. The van der Waals surface area contributed by atoms with E-state index in [4.69, 9.17) is 4.42 Å². The van der Waals surface area contributed by atoms with Crippen LogP contribution < -0.4 is 5.43 Å². The zero-order chi connectivity index (χ0) is 16.8. The van der Waals surface area contributed by atoms with Crippen LogP contribution in [0, 0.1) is 0 Å². The van der Waals surface area contributed by atoms with E-state index in [0.29, 0.717) is 0 Å². The molecule has 23 heavy (non-hydrogen) atoms. The molecule has 1 heterocycles. The number of fused-ring (bicyclic) bond motifs is 1. The number of hydrogen-bond acceptors (Lipinski definition) is 4. The SMILES string of the molecule is O=c1c(-c2ccc(C(F)(F)F)cc2)coc2cc(O)cc(O)c12. The van der Waals surface area contributed by atoms with Gasteiger partial charge in [-0.05, 0) is 17.7 Å². The lowest BCUT2D eigenvalue weighted by molar-refractivity contribution is -0.137. The number of aromatic hydroxyl groups is 2. The van der Waals surface area contributed by atoms with Crippen molar-refractivity contribution >= 4 is 11.0 Å². The topological polar surface area (TPSA) is 70.7 Å². The number of alkyl halides is 3. The van der Waals surface area contributed by atoms with E-state index in [1.54, 1.807) is 0 Å². The van der Waals surface area contributed by atoms with E-state index in [-0.39, 0.29) is 27.8 Å². The highest BCUT2D eigenvalue weighted by atomic mass is 19.4. The number of phenolic OH excluding ortho intramolecular Hbond substituents is 2. The summed E-state index contributed by atoms with van der Waals surface area (Å²) in [6, 6.07) is 6.16. The molecule has 0 spiro atoms. The van der Waals surface area contributed by atoms with E-state index in [1.807, 2.05) is 0 Å². The lowest BCUT2D eigenvalue weighted by Crippen LogP contribution is -2.07. The molecule has 0 aliphatic rings. The van der Waals surface area contributed by atoms with Gasteiger partial charge in [-0.1, -0.05) is 12.1 Å². The molecule has 4 nitrogen and oxygen atoms in total. The Balaban J connectivity index is 2.18. The molecule has 1 aromatic heterocycles. The monoisotopic (exact) mass is 322 g/mol. The summed E-state index contributed by atoms with van der Waals surface area (Å²) in [4.78, 5) is 12.4. The molecular formula is C16H9F3O4. The van der Waals surface area contributed by atoms with E-state index < -0.39 is 22.9 Å². The summed E-state index contributed by atoms with van der Waals surface area (Å²) < 4.78 is 42.9. The lowest BCUT2D eigenvalue weighted by Gasteiger charge is -2.08. The van der Waals surface area contributed by atoms with Crippen molar-refractivity contribution in [3.8, 4) is 22.6 Å². The first kappa shape index (κ1) is 15.0. The van der Waals surface area contributed by atoms with Crippen LogP contribution in [0.1, 0.15) is 5.56 Å². The second-order valence-corrected chi connectivity index (χ2v) is 4.89. The van der Waals surface area contributed by atoms with Gasteiger partial charge < -0.3 is 14.6 Å². The predicted octanol–water partition coefficient (Wildman–Crippen LogP) is 3.89. The summed E-state index contributed by atoms with van der Waals surface area (Å²) in [5.74, 6) is -0.747. The predicted molar refractivity (Wildman–Crippen MR) is 76.3 cm³/mol. The van der Waals surface area contributed by atoms with E-state index in [1.165, 1.54) is 0 Å². The molecule has 3 aromatic rings. The second-order valence-electron chi connectivity index (χ2n) is 4.89. The van der Waals surface area contributed by atoms with Crippen molar-refractivity contribution in [2.45, 2.75) is 6.18 Å². The maximum absolute atomic E-state index is 12.6. The van der Waals surface area contributed by atoms with Gasteiger partial charge in [0.15, 0.2) is 0 Å². The Morgan fingerprint density at radius 3 is 2.26 bits per heavy atom. The number of rotatable bonds is 1. The van der Waals surface area contributed by atoms with Crippen LogP contribution in [0.5, 0.6) is 11.5 Å². The third kappa shape index (κ3) is 2.61. The molecule has 118 valence electrons. The Kier molecular flexibility index (Phi) is 3.28. The maximum atomic E-state index is 12.6. The normalized spacial score (nSPS) is 11.8. The first-order valence-electron chi connectivity index (χ1n) is 6.42. The van der Waals surface area contributed by atoms with Gasteiger partial charge in [-0.3, -0.25) is 4.79 Å². The number of halogens is 3. The maximum Gasteiger partial charge on any atom is 0.416 e. The molecule has 0 saturated heterocycles. The van der Waals surface area contributed by atoms with Crippen molar-refractivity contribution < 1.29 is 27.8 Å². The highest BCUT2D eigenvalue weighted by molar-refractivity contribution is 5.87. The fourth-order valence-electron chi connectivity index (χ4n) is 2.26. The van der Waals surface area contributed by atoms with Crippen LogP contribution in [0.25, 0.3) is 22.1 Å². The Morgan fingerprint density at radius 2 is 1.65 bits per heavy atom. The molecule has 0 fully saturated rings. The Morgan fingerprint density at radius 1 is 1.00 bits per heavy atom. The Hall–Kier alpha value is -2.96. The minimum absolute atomic E-state index is 0.00668. The second kappa shape index (κ2) is 5.05. The van der Waals surface area contributed by atoms with Gasteiger partial charge >= 0.3 is 6.18 Å².